The van der Waals surface area contributed by atoms with Crippen LogP contribution in [0.3, 0.4) is 0 Å². The van der Waals surface area contributed by atoms with Gasteiger partial charge in [0.05, 0.1) is 0 Å². The molecule has 6 nitrogen and oxygen atoms in total. The third-order valence-electron chi connectivity index (χ3n) is 10.8. The summed E-state index contributed by atoms with van der Waals surface area (Å²) in [5.41, 5.74) is 0. The van der Waals surface area contributed by atoms with Gasteiger partial charge >= 0.3 is 17.9 Å². The summed E-state index contributed by atoms with van der Waals surface area (Å²) in [7, 11) is 0. The zero-order valence-electron chi connectivity index (χ0n) is 36.7. The summed E-state index contributed by atoms with van der Waals surface area (Å²) < 4.78 is 16.6. The lowest BCUT2D eigenvalue weighted by molar-refractivity contribution is -0.167. The van der Waals surface area contributed by atoms with Gasteiger partial charge in [0.25, 0.3) is 0 Å². The maximum Gasteiger partial charge on any atom is 0.306 e. The number of hydrogen-bond acceptors (Lipinski definition) is 6. The number of rotatable bonds is 43. The number of carbonyl (C=O) groups is 3. The van der Waals surface area contributed by atoms with Crippen molar-refractivity contribution in [3.8, 4) is 0 Å². The fourth-order valence-corrected chi connectivity index (χ4v) is 7.16. The highest BCUT2D eigenvalue weighted by Gasteiger charge is 2.19. The molecular formula is C48H92O6. The lowest BCUT2D eigenvalue weighted by atomic mass is 10.0. The predicted octanol–water partition coefficient (Wildman–Crippen LogP) is 15.1. The van der Waals surface area contributed by atoms with E-state index < -0.39 is 6.10 Å². The van der Waals surface area contributed by atoms with E-state index in [0.717, 1.165) is 70.1 Å². The van der Waals surface area contributed by atoms with Crippen LogP contribution in [-0.2, 0) is 28.6 Å². The quantitative estimate of drug-likeness (QED) is 0.0349. The van der Waals surface area contributed by atoms with Crippen molar-refractivity contribution in [2.24, 2.45) is 5.92 Å². The van der Waals surface area contributed by atoms with Crippen molar-refractivity contribution in [1.82, 2.24) is 0 Å². The standard InChI is InChI=1S/C48H92O6/c1-5-7-9-11-12-13-14-22-25-28-32-35-39-46(49)52-42-45(54-48(51)41-37-30-10-8-6-2)43-53-47(50)40-36-33-29-26-23-20-18-16-15-17-19-21-24-27-31-34-38-44(3)4/h44-45H,5-43H2,1-4H3/t45-/m0/s1. The molecule has 0 heterocycles. The van der Waals surface area contributed by atoms with E-state index in [-0.39, 0.29) is 31.1 Å². The van der Waals surface area contributed by atoms with Crippen LogP contribution in [0.4, 0.5) is 0 Å². The van der Waals surface area contributed by atoms with E-state index in [1.165, 1.54) is 154 Å². The van der Waals surface area contributed by atoms with Gasteiger partial charge in [-0.15, -0.1) is 0 Å². The van der Waals surface area contributed by atoms with E-state index in [1.54, 1.807) is 0 Å². The van der Waals surface area contributed by atoms with Gasteiger partial charge in [0.15, 0.2) is 6.10 Å². The Balaban J connectivity index is 4.06. The monoisotopic (exact) mass is 765 g/mol. The SMILES string of the molecule is CCCCCCCCCCCCCCC(=O)OC[C@@H](COC(=O)CCCCCCCCCCCCCCCCCCC(C)C)OC(=O)CCCCCCC. The predicted molar refractivity (Wildman–Crippen MR) is 229 cm³/mol. The fourth-order valence-electron chi connectivity index (χ4n) is 7.16. The number of unbranched alkanes of at least 4 members (excludes halogenated alkanes) is 30. The Hall–Kier alpha value is -1.59. The minimum Gasteiger partial charge on any atom is -0.462 e. The van der Waals surface area contributed by atoms with E-state index in [0.29, 0.717) is 19.3 Å². The van der Waals surface area contributed by atoms with Gasteiger partial charge in [-0.3, -0.25) is 14.4 Å². The summed E-state index contributed by atoms with van der Waals surface area (Å²) >= 11 is 0. The molecule has 0 saturated carbocycles. The highest BCUT2D eigenvalue weighted by Crippen LogP contribution is 2.17. The summed E-state index contributed by atoms with van der Waals surface area (Å²) in [6, 6.07) is 0. The van der Waals surface area contributed by atoms with Crippen LogP contribution in [0.15, 0.2) is 0 Å². The first kappa shape index (κ1) is 52.4. The highest BCUT2D eigenvalue weighted by molar-refractivity contribution is 5.71. The fraction of sp³-hybridized carbons (Fsp3) is 0.938. The molecule has 0 radical (unpaired) electrons. The first-order valence-corrected chi connectivity index (χ1v) is 23.9. The zero-order valence-corrected chi connectivity index (χ0v) is 36.7. The molecule has 0 aromatic heterocycles. The molecule has 0 spiro atoms. The molecule has 0 N–H and O–H groups in total. The van der Waals surface area contributed by atoms with Crippen LogP contribution in [-0.4, -0.2) is 37.2 Å². The zero-order chi connectivity index (χ0) is 39.6. The second-order valence-electron chi connectivity index (χ2n) is 16.9. The summed E-state index contributed by atoms with van der Waals surface area (Å²) in [6.45, 7) is 8.94. The molecule has 0 aromatic rings. The van der Waals surface area contributed by atoms with Gasteiger partial charge in [-0.2, -0.15) is 0 Å². The van der Waals surface area contributed by atoms with Gasteiger partial charge in [0.2, 0.25) is 0 Å². The van der Waals surface area contributed by atoms with Crippen molar-refractivity contribution in [2.45, 2.75) is 271 Å². The van der Waals surface area contributed by atoms with Gasteiger partial charge in [0.1, 0.15) is 13.2 Å². The van der Waals surface area contributed by atoms with Gasteiger partial charge in [-0.1, -0.05) is 227 Å². The average molecular weight is 765 g/mol. The van der Waals surface area contributed by atoms with Gasteiger partial charge < -0.3 is 14.2 Å². The number of esters is 3. The second-order valence-corrected chi connectivity index (χ2v) is 16.9. The Morgan fingerprint density at radius 3 is 0.907 bits per heavy atom. The van der Waals surface area contributed by atoms with Crippen molar-refractivity contribution < 1.29 is 28.6 Å². The molecule has 0 fully saturated rings. The number of hydrogen-bond donors (Lipinski definition) is 0. The molecule has 0 aromatic carbocycles. The Morgan fingerprint density at radius 2 is 0.611 bits per heavy atom. The first-order valence-electron chi connectivity index (χ1n) is 23.9. The van der Waals surface area contributed by atoms with Crippen LogP contribution in [0.25, 0.3) is 0 Å². The molecule has 0 unspecified atom stereocenters. The Kier molecular flexibility index (Phi) is 41.3. The van der Waals surface area contributed by atoms with E-state index in [4.69, 9.17) is 14.2 Å². The molecule has 54 heavy (non-hydrogen) atoms. The van der Waals surface area contributed by atoms with Crippen LogP contribution in [0.1, 0.15) is 265 Å². The molecule has 0 amide bonds. The summed E-state index contributed by atoms with van der Waals surface area (Å²) in [4.78, 5) is 37.5. The summed E-state index contributed by atoms with van der Waals surface area (Å²) in [5, 5.41) is 0. The largest absolute Gasteiger partial charge is 0.462 e. The van der Waals surface area contributed by atoms with Crippen molar-refractivity contribution >= 4 is 17.9 Å². The van der Waals surface area contributed by atoms with Crippen LogP contribution >= 0.6 is 0 Å². The van der Waals surface area contributed by atoms with Gasteiger partial charge in [0, 0.05) is 19.3 Å². The summed E-state index contributed by atoms with van der Waals surface area (Å²) in [5.74, 6) is -0.0127. The Bertz CT molecular complexity index is 811. The first-order chi connectivity index (χ1) is 26.4. The molecule has 320 valence electrons. The summed E-state index contributed by atoms with van der Waals surface area (Å²) in [6.07, 6.45) is 42.6. The van der Waals surface area contributed by atoms with Crippen molar-refractivity contribution in [3.63, 3.8) is 0 Å². The number of ether oxygens (including phenoxy) is 3. The Labute approximate surface area is 336 Å². The topological polar surface area (TPSA) is 78.9 Å². The molecule has 0 aliphatic heterocycles. The molecule has 0 aliphatic rings. The lowest BCUT2D eigenvalue weighted by Gasteiger charge is -2.18. The lowest BCUT2D eigenvalue weighted by Crippen LogP contribution is -2.30. The maximum atomic E-state index is 12.5. The van der Waals surface area contributed by atoms with Crippen molar-refractivity contribution in [1.29, 1.82) is 0 Å². The van der Waals surface area contributed by atoms with Gasteiger partial charge in [-0.25, -0.2) is 0 Å². The average Bonchev–Trinajstić information content (AvgIpc) is 3.15. The van der Waals surface area contributed by atoms with Crippen LogP contribution in [0, 0.1) is 5.92 Å². The minimum absolute atomic E-state index is 0.0647. The second kappa shape index (κ2) is 42.6. The smallest absolute Gasteiger partial charge is 0.306 e. The normalized spacial score (nSPS) is 11.9. The van der Waals surface area contributed by atoms with E-state index in [1.807, 2.05) is 0 Å². The third kappa shape index (κ3) is 41.6. The molecule has 0 aliphatic carbocycles. The number of carbonyl (C=O) groups excluding carboxylic acids is 3. The molecule has 6 heteroatoms. The van der Waals surface area contributed by atoms with E-state index in [9.17, 15) is 14.4 Å². The highest BCUT2D eigenvalue weighted by atomic mass is 16.6. The van der Waals surface area contributed by atoms with Crippen molar-refractivity contribution in [2.75, 3.05) is 13.2 Å². The third-order valence-corrected chi connectivity index (χ3v) is 10.8. The molecule has 0 bridgehead atoms. The van der Waals surface area contributed by atoms with Crippen LogP contribution in [0.2, 0.25) is 0 Å². The van der Waals surface area contributed by atoms with Crippen LogP contribution < -0.4 is 0 Å². The molecule has 0 rings (SSSR count). The van der Waals surface area contributed by atoms with Crippen LogP contribution in [0.5, 0.6) is 0 Å². The maximum absolute atomic E-state index is 12.5. The van der Waals surface area contributed by atoms with Crippen molar-refractivity contribution in [3.05, 3.63) is 0 Å². The van der Waals surface area contributed by atoms with E-state index in [2.05, 4.69) is 27.7 Å². The molecular weight excluding hydrogens is 673 g/mol. The van der Waals surface area contributed by atoms with Gasteiger partial charge in [-0.05, 0) is 25.2 Å². The molecule has 0 saturated heterocycles. The van der Waals surface area contributed by atoms with E-state index >= 15 is 0 Å². The Morgan fingerprint density at radius 1 is 0.352 bits per heavy atom. The molecule has 1 atom stereocenters. The minimum atomic E-state index is -0.757.